The number of hydrogen-bond acceptors (Lipinski definition) is 3. The van der Waals surface area contributed by atoms with Gasteiger partial charge < -0.3 is 4.90 Å². The maximum Gasteiger partial charge on any atom is 0.471 e. The molecule has 1 heterocycles. The number of rotatable bonds is 2. The minimum Gasteiger partial charge on any atom is -0.330 e. The standard InChI is InChI=1S/C13H14F3NO3S/c1-2-21(19,20)11-4-3-9-5-6-17(8-10(9)7-11)12(18)13(14,15)16/h3-4,7H,2,5-6,8H2,1H3. The molecular formula is C13H14F3NO3S. The van der Waals surface area contributed by atoms with Gasteiger partial charge in [-0.15, -0.1) is 0 Å². The summed E-state index contributed by atoms with van der Waals surface area (Å²) >= 11 is 0. The molecule has 4 nitrogen and oxygen atoms in total. The average Bonchev–Trinajstić information content (AvgIpc) is 2.44. The summed E-state index contributed by atoms with van der Waals surface area (Å²) in [6, 6.07) is 4.43. The van der Waals surface area contributed by atoms with Gasteiger partial charge in [-0.2, -0.15) is 13.2 Å². The van der Waals surface area contributed by atoms with E-state index in [4.69, 9.17) is 0 Å². The second-order valence-electron chi connectivity index (χ2n) is 4.81. The van der Waals surface area contributed by atoms with Crippen molar-refractivity contribution in [1.29, 1.82) is 0 Å². The molecule has 2 rings (SSSR count). The number of carbonyl (C=O) groups excluding carboxylic acids is 1. The Morgan fingerprint density at radius 1 is 1.29 bits per heavy atom. The van der Waals surface area contributed by atoms with E-state index in [-0.39, 0.29) is 30.2 Å². The van der Waals surface area contributed by atoms with Gasteiger partial charge in [-0.25, -0.2) is 8.42 Å². The zero-order chi connectivity index (χ0) is 15.8. The molecule has 1 aliphatic rings. The van der Waals surface area contributed by atoms with Crippen LogP contribution in [0.4, 0.5) is 13.2 Å². The Morgan fingerprint density at radius 2 is 1.95 bits per heavy atom. The predicted octanol–water partition coefficient (Wildman–Crippen LogP) is 1.93. The zero-order valence-corrected chi connectivity index (χ0v) is 12.1. The topological polar surface area (TPSA) is 54.5 Å². The lowest BCUT2D eigenvalue weighted by Gasteiger charge is -2.29. The van der Waals surface area contributed by atoms with Crippen molar-refractivity contribution in [1.82, 2.24) is 4.90 Å². The van der Waals surface area contributed by atoms with Crippen LogP contribution in [0, 0.1) is 0 Å². The maximum absolute atomic E-state index is 12.4. The van der Waals surface area contributed by atoms with E-state index in [1.54, 1.807) is 6.07 Å². The molecule has 1 amide bonds. The minimum absolute atomic E-state index is 0.0226. The van der Waals surface area contributed by atoms with Gasteiger partial charge in [-0.1, -0.05) is 13.0 Å². The number of sulfone groups is 1. The molecule has 1 aliphatic heterocycles. The molecule has 0 N–H and O–H groups in total. The SMILES string of the molecule is CCS(=O)(=O)c1ccc2c(c1)CN(C(=O)C(F)(F)F)CC2. The fourth-order valence-corrected chi connectivity index (χ4v) is 3.18. The highest BCUT2D eigenvalue weighted by Crippen LogP contribution is 2.26. The van der Waals surface area contributed by atoms with Crippen LogP contribution in [0.3, 0.4) is 0 Å². The quantitative estimate of drug-likeness (QED) is 0.836. The summed E-state index contributed by atoms with van der Waals surface area (Å²) in [5, 5.41) is 0. The number of alkyl halides is 3. The smallest absolute Gasteiger partial charge is 0.330 e. The lowest BCUT2D eigenvalue weighted by atomic mass is 10.00. The highest BCUT2D eigenvalue weighted by Gasteiger charge is 2.43. The monoisotopic (exact) mass is 321 g/mol. The molecule has 0 unspecified atom stereocenters. The summed E-state index contributed by atoms with van der Waals surface area (Å²) in [5.74, 6) is -1.98. The molecule has 0 bridgehead atoms. The maximum atomic E-state index is 12.4. The van der Waals surface area contributed by atoms with E-state index in [1.165, 1.54) is 19.1 Å². The van der Waals surface area contributed by atoms with Crippen LogP contribution in [0.25, 0.3) is 0 Å². The number of carbonyl (C=O) groups is 1. The first-order valence-electron chi connectivity index (χ1n) is 6.36. The first kappa shape index (κ1) is 15.8. The van der Waals surface area contributed by atoms with Crippen LogP contribution < -0.4 is 0 Å². The normalized spacial score (nSPS) is 15.7. The van der Waals surface area contributed by atoms with Gasteiger partial charge in [0.1, 0.15) is 0 Å². The Morgan fingerprint density at radius 3 is 2.52 bits per heavy atom. The average molecular weight is 321 g/mol. The molecule has 0 aromatic heterocycles. The van der Waals surface area contributed by atoms with Crippen molar-refractivity contribution in [3.8, 4) is 0 Å². The summed E-state index contributed by atoms with van der Waals surface area (Å²) in [6.07, 6.45) is -4.63. The van der Waals surface area contributed by atoms with E-state index in [0.717, 1.165) is 5.56 Å². The molecule has 0 spiro atoms. The summed E-state index contributed by atoms with van der Waals surface area (Å²) in [6.45, 7) is 1.25. The number of fused-ring (bicyclic) bond motifs is 1. The van der Waals surface area contributed by atoms with Crippen LogP contribution in [0.5, 0.6) is 0 Å². The Bertz CT molecular complexity index is 668. The van der Waals surface area contributed by atoms with E-state index in [9.17, 15) is 26.4 Å². The molecule has 0 saturated heterocycles. The van der Waals surface area contributed by atoms with Gasteiger partial charge in [-0.05, 0) is 29.7 Å². The molecule has 0 aliphatic carbocycles. The van der Waals surface area contributed by atoms with Crippen molar-refractivity contribution >= 4 is 15.7 Å². The molecule has 0 atom stereocenters. The van der Waals surface area contributed by atoms with Crippen LogP contribution in [0.15, 0.2) is 23.1 Å². The van der Waals surface area contributed by atoms with Gasteiger partial charge in [0.15, 0.2) is 9.84 Å². The van der Waals surface area contributed by atoms with Gasteiger partial charge in [0.05, 0.1) is 10.6 Å². The Hall–Kier alpha value is -1.57. The minimum atomic E-state index is -4.91. The molecular weight excluding hydrogens is 307 g/mol. The van der Waals surface area contributed by atoms with E-state index < -0.39 is 21.9 Å². The van der Waals surface area contributed by atoms with Gasteiger partial charge in [0, 0.05) is 13.1 Å². The first-order chi connectivity index (χ1) is 9.65. The van der Waals surface area contributed by atoms with Crippen LogP contribution in [0.2, 0.25) is 0 Å². The highest BCUT2D eigenvalue weighted by atomic mass is 32.2. The number of amides is 1. The third-order valence-electron chi connectivity index (χ3n) is 3.46. The Balaban J connectivity index is 2.32. The summed E-state index contributed by atoms with van der Waals surface area (Å²) in [7, 11) is -3.42. The van der Waals surface area contributed by atoms with Crippen LogP contribution in [0.1, 0.15) is 18.1 Å². The van der Waals surface area contributed by atoms with Crippen molar-refractivity contribution < 1.29 is 26.4 Å². The first-order valence-corrected chi connectivity index (χ1v) is 8.01. The van der Waals surface area contributed by atoms with Gasteiger partial charge in [0.2, 0.25) is 0 Å². The van der Waals surface area contributed by atoms with Crippen molar-refractivity contribution in [3.63, 3.8) is 0 Å². The summed E-state index contributed by atoms with van der Waals surface area (Å²) < 4.78 is 60.9. The number of nitrogens with zero attached hydrogens (tertiary/aromatic N) is 1. The molecule has 21 heavy (non-hydrogen) atoms. The molecule has 0 saturated carbocycles. The molecule has 0 fully saturated rings. The van der Waals surface area contributed by atoms with Gasteiger partial charge in [0.25, 0.3) is 0 Å². The fourth-order valence-electron chi connectivity index (χ4n) is 2.25. The number of benzene rings is 1. The third kappa shape index (κ3) is 3.20. The van der Waals surface area contributed by atoms with E-state index in [1.807, 2.05) is 0 Å². The van der Waals surface area contributed by atoms with Crippen LogP contribution in [-0.4, -0.2) is 37.7 Å². The van der Waals surface area contributed by atoms with Crippen molar-refractivity contribution in [3.05, 3.63) is 29.3 Å². The summed E-state index contributed by atoms with van der Waals surface area (Å²) in [5.41, 5.74) is 1.23. The Labute approximate surface area is 120 Å². The molecule has 0 radical (unpaired) electrons. The van der Waals surface area contributed by atoms with Crippen LogP contribution >= 0.6 is 0 Å². The van der Waals surface area contributed by atoms with Crippen molar-refractivity contribution in [2.75, 3.05) is 12.3 Å². The van der Waals surface area contributed by atoms with E-state index in [2.05, 4.69) is 0 Å². The summed E-state index contributed by atoms with van der Waals surface area (Å²) in [4.78, 5) is 12.0. The van der Waals surface area contributed by atoms with Crippen LogP contribution in [-0.2, 0) is 27.6 Å². The Kier molecular flexibility index (Phi) is 4.01. The number of halogens is 3. The second-order valence-corrected chi connectivity index (χ2v) is 7.09. The predicted molar refractivity (Wildman–Crippen MR) is 69.3 cm³/mol. The lowest BCUT2D eigenvalue weighted by Crippen LogP contribution is -2.43. The van der Waals surface area contributed by atoms with E-state index in [0.29, 0.717) is 10.5 Å². The molecule has 1 aromatic rings. The third-order valence-corrected chi connectivity index (χ3v) is 5.19. The highest BCUT2D eigenvalue weighted by molar-refractivity contribution is 7.91. The van der Waals surface area contributed by atoms with Gasteiger partial charge in [-0.3, -0.25) is 4.79 Å². The lowest BCUT2D eigenvalue weighted by molar-refractivity contribution is -0.186. The zero-order valence-electron chi connectivity index (χ0n) is 11.3. The van der Waals surface area contributed by atoms with Crippen molar-refractivity contribution in [2.24, 2.45) is 0 Å². The van der Waals surface area contributed by atoms with Crippen molar-refractivity contribution in [2.45, 2.75) is 31.0 Å². The molecule has 1 aromatic carbocycles. The van der Waals surface area contributed by atoms with E-state index >= 15 is 0 Å². The molecule has 116 valence electrons. The fraction of sp³-hybridized carbons (Fsp3) is 0.462. The second kappa shape index (κ2) is 5.32. The van der Waals surface area contributed by atoms with Gasteiger partial charge >= 0.3 is 12.1 Å². The molecule has 8 heteroatoms. The largest absolute Gasteiger partial charge is 0.471 e. The number of hydrogen-bond donors (Lipinski definition) is 0.